The van der Waals surface area contributed by atoms with E-state index < -0.39 is 71.1 Å². The van der Waals surface area contributed by atoms with Gasteiger partial charge in [0.15, 0.2) is 0 Å². The number of rotatable bonds is 14. The van der Waals surface area contributed by atoms with Gasteiger partial charge in [0.25, 0.3) is 0 Å². The van der Waals surface area contributed by atoms with Crippen LogP contribution in [0, 0.1) is 0 Å². The van der Waals surface area contributed by atoms with Crippen molar-refractivity contribution in [2.45, 2.75) is 141 Å². The molecule has 3 unspecified atom stereocenters. The fourth-order valence-electron chi connectivity index (χ4n) is 3.02. The predicted octanol–water partition coefficient (Wildman–Crippen LogP) is 3.69. The third-order valence-electron chi connectivity index (χ3n) is 4.93. The summed E-state index contributed by atoms with van der Waals surface area (Å²) < 4.78 is 15.2. The molecule has 0 aliphatic heterocycles. The molecule has 16 heteroatoms. The number of carboxylic acids is 2. The molecular weight excluding hydrogens is 659 g/mol. The second-order valence-electron chi connectivity index (χ2n) is 13.0. The molecule has 0 saturated carbocycles. The van der Waals surface area contributed by atoms with Crippen molar-refractivity contribution in [3.05, 3.63) is 0 Å². The molecule has 4 amide bonds. The number of hydrogen-bond donors (Lipinski definition) is 6. The summed E-state index contributed by atoms with van der Waals surface area (Å²) in [6.07, 6.45) is -0.275. The van der Waals surface area contributed by atoms with Gasteiger partial charge in [-0.3, -0.25) is 0 Å². The number of carboxylic acid groups (broad SMARTS) is 2. The fourth-order valence-corrected chi connectivity index (χ4v) is 4.01. The number of carbonyl (C=O) groups is 6. The van der Waals surface area contributed by atoms with Crippen molar-refractivity contribution in [1.29, 1.82) is 0 Å². The molecule has 0 spiro atoms. The molecule has 0 aliphatic carbocycles. The number of aliphatic carboxylic acids is 2. The standard InChI is InChI=1S/C16H30N2O6.C13H24N2O5Se/c1-15(2,3)23-13(21)17-10-8-7-9-11(12(19)20)18-14(22)24-16(4,5)6;1-8(14-12(19)20-13(2,3)4)10(16)15-9(11(17)18)6-7-21-5/h11H,7-10H2,1-6H3,(H,17,21)(H,18,22)(H,19,20);8-9H,6-7H2,1-5H3,(H,14,19)(H,15,16)(H,17,18). The van der Waals surface area contributed by atoms with Crippen LogP contribution < -0.4 is 21.3 Å². The molecule has 45 heavy (non-hydrogen) atoms. The molecule has 262 valence electrons. The van der Waals surface area contributed by atoms with Gasteiger partial charge in [0.05, 0.1) is 0 Å². The van der Waals surface area contributed by atoms with Crippen LogP contribution in [-0.4, -0.2) is 103 Å². The fraction of sp³-hybridized carbons (Fsp3) is 0.793. The Hall–Kier alpha value is -3.26. The van der Waals surface area contributed by atoms with Gasteiger partial charge in [0, 0.05) is 6.54 Å². The van der Waals surface area contributed by atoms with E-state index in [1.54, 1.807) is 62.3 Å². The molecule has 0 aromatic carbocycles. The molecule has 0 aromatic heterocycles. The normalized spacial score (nSPS) is 13.4. The summed E-state index contributed by atoms with van der Waals surface area (Å²) in [4.78, 5) is 68.7. The zero-order valence-electron chi connectivity index (χ0n) is 28.5. The van der Waals surface area contributed by atoms with Gasteiger partial charge in [0.2, 0.25) is 0 Å². The Labute approximate surface area is 272 Å². The number of alkyl carbamates (subject to hydrolysis) is 3. The van der Waals surface area contributed by atoms with E-state index >= 15 is 0 Å². The van der Waals surface area contributed by atoms with Crippen molar-refractivity contribution < 1.29 is 53.2 Å². The second-order valence-corrected chi connectivity index (χ2v) is 15.1. The average Bonchev–Trinajstić information content (AvgIpc) is 2.82. The molecule has 3 atom stereocenters. The van der Waals surface area contributed by atoms with E-state index in [1.165, 1.54) is 6.92 Å². The first kappa shape index (κ1) is 43.9. The summed E-state index contributed by atoms with van der Waals surface area (Å²) in [5, 5.41) is 28.7. The van der Waals surface area contributed by atoms with Crippen molar-refractivity contribution >= 4 is 51.1 Å². The van der Waals surface area contributed by atoms with Gasteiger partial charge in [0.1, 0.15) is 17.2 Å². The van der Waals surface area contributed by atoms with Gasteiger partial charge >= 0.3 is 149 Å². The van der Waals surface area contributed by atoms with Gasteiger partial charge in [-0.25, -0.2) is 14.4 Å². The number of nitrogens with one attached hydrogen (secondary N) is 4. The van der Waals surface area contributed by atoms with Crippen LogP contribution in [0.4, 0.5) is 14.4 Å². The van der Waals surface area contributed by atoms with E-state index in [0.29, 0.717) is 40.8 Å². The van der Waals surface area contributed by atoms with Gasteiger partial charge in [-0.2, -0.15) is 0 Å². The van der Waals surface area contributed by atoms with E-state index in [1.807, 2.05) is 5.82 Å². The minimum atomic E-state index is -1.12. The Bertz CT molecular complexity index is 973. The van der Waals surface area contributed by atoms with Gasteiger partial charge < -0.3 is 25.2 Å². The Morgan fingerprint density at radius 2 is 1.07 bits per heavy atom. The number of unbranched alkanes of at least 4 members (excludes halogenated alkanes) is 1. The third-order valence-corrected chi connectivity index (χ3v) is 6.28. The van der Waals surface area contributed by atoms with E-state index in [-0.39, 0.29) is 6.42 Å². The van der Waals surface area contributed by atoms with Crippen molar-refractivity contribution in [3.63, 3.8) is 0 Å². The van der Waals surface area contributed by atoms with Crippen LogP contribution in [0.25, 0.3) is 0 Å². The van der Waals surface area contributed by atoms with E-state index in [0.717, 1.165) is 5.32 Å². The monoisotopic (exact) mass is 714 g/mol. The summed E-state index contributed by atoms with van der Waals surface area (Å²) in [5.74, 6) is -0.740. The second kappa shape index (κ2) is 20.7. The van der Waals surface area contributed by atoms with Crippen LogP contribution >= 0.6 is 0 Å². The van der Waals surface area contributed by atoms with Crippen molar-refractivity contribution in [1.82, 2.24) is 21.3 Å². The van der Waals surface area contributed by atoms with Crippen molar-refractivity contribution in [3.8, 4) is 0 Å². The minimum absolute atomic E-state index is 0.241. The molecule has 0 bridgehead atoms. The van der Waals surface area contributed by atoms with Crippen LogP contribution in [0.5, 0.6) is 0 Å². The molecule has 0 aromatic rings. The third kappa shape index (κ3) is 26.8. The van der Waals surface area contributed by atoms with Crippen LogP contribution in [0.3, 0.4) is 0 Å². The Morgan fingerprint density at radius 1 is 0.644 bits per heavy atom. The zero-order chi connectivity index (χ0) is 35.6. The molecule has 0 fully saturated rings. The van der Waals surface area contributed by atoms with Crippen LogP contribution in [0.15, 0.2) is 0 Å². The van der Waals surface area contributed by atoms with Gasteiger partial charge in [-0.1, -0.05) is 0 Å². The van der Waals surface area contributed by atoms with Crippen LogP contribution in [0.2, 0.25) is 11.1 Å². The summed E-state index contributed by atoms with van der Waals surface area (Å²) in [6, 6.07) is -2.82. The van der Waals surface area contributed by atoms with Gasteiger partial charge in [-0.05, 0) is 60.8 Å². The number of carbonyl (C=O) groups excluding carboxylic acids is 4. The molecule has 0 radical (unpaired) electrons. The molecule has 15 nitrogen and oxygen atoms in total. The Morgan fingerprint density at radius 3 is 1.49 bits per heavy atom. The summed E-state index contributed by atoms with van der Waals surface area (Å²) in [6.45, 7) is 17.4. The average molecular weight is 714 g/mol. The number of ether oxygens (including phenoxy) is 3. The first-order chi connectivity index (χ1) is 20.4. The molecule has 0 rings (SSSR count). The van der Waals surface area contributed by atoms with E-state index in [2.05, 4.69) is 21.3 Å². The van der Waals surface area contributed by atoms with Crippen LogP contribution in [0.1, 0.15) is 94.9 Å². The molecule has 0 heterocycles. The summed E-state index contributed by atoms with van der Waals surface area (Å²) in [7, 11) is 0. The zero-order valence-corrected chi connectivity index (χ0v) is 30.2. The topological polar surface area (TPSA) is 219 Å². The molecule has 0 saturated heterocycles. The van der Waals surface area contributed by atoms with E-state index in [9.17, 15) is 28.8 Å². The van der Waals surface area contributed by atoms with Crippen molar-refractivity contribution in [2.24, 2.45) is 0 Å². The first-order valence-corrected chi connectivity index (χ1v) is 17.5. The Kier molecular flexibility index (Phi) is 20.2. The number of amides is 4. The van der Waals surface area contributed by atoms with Crippen molar-refractivity contribution in [2.75, 3.05) is 6.54 Å². The number of hydrogen-bond acceptors (Lipinski definition) is 9. The molecule has 6 N–H and O–H groups in total. The Balaban J connectivity index is 0. The van der Waals surface area contributed by atoms with Gasteiger partial charge in [-0.15, -0.1) is 0 Å². The molecule has 0 aliphatic rings. The van der Waals surface area contributed by atoms with Crippen LogP contribution in [-0.2, 0) is 28.6 Å². The summed E-state index contributed by atoms with van der Waals surface area (Å²) >= 11 is 0.346. The van der Waals surface area contributed by atoms with E-state index in [4.69, 9.17) is 24.4 Å². The maximum atomic E-state index is 11.9. The predicted molar refractivity (Wildman–Crippen MR) is 168 cm³/mol. The maximum absolute atomic E-state index is 11.9. The molecular formula is C29H54N4O11Se. The SMILES string of the molecule is CC(C)(C)OC(=O)NCCCCC(NC(=O)OC(C)(C)C)C(=O)O.C[Se]CCC(NC(=O)C(C)NC(=O)OC(C)(C)C)C(=O)O. The quantitative estimate of drug-likeness (QED) is 0.0866. The first-order valence-electron chi connectivity index (χ1n) is 14.6. The summed E-state index contributed by atoms with van der Waals surface area (Å²) in [5.41, 5.74) is -1.91.